The van der Waals surface area contributed by atoms with Crippen LogP contribution in [0, 0.1) is 5.82 Å². The zero-order valence-corrected chi connectivity index (χ0v) is 16.3. The molecule has 5 nitrogen and oxygen atoms in total. The van der Waals surface area contributed by atoms with Crippen LogP contribution in [0.15, 0.2) is 48.7 Å². The van der Waals surface area contributed by atoms with Crippen molar-refractivity contribution in [1.82, 2.24) is 14.8 Å². The van der Waals surface area contributed by atoms with Crippen LogP contribution in [-0.2, 0) is 11.3 Å². The first kappa shape index (κ1) is 19.3. The third-order valence-electron chi connectivity index (χ3n) is 6.04. The largest absolute Gasteiger partial charge is 0.381 e. The highest BCUT2D eigenvalue weighted by atomic mass is 19.1. The molecule has 0 bridgehead atoms. The predicted molar refractivity (Wildman–Crippen MR) is 109 cm³/mol. The predicted octanol–water partition coefficient (Wildman–Crippen LogP) is 3.00. The molecule has 2 aliphatic rings. The molecule has 0 radical (unpaired) electrons. The Kier molecular flexibility index (Phi) is 6.20. The lowest BCUT2D eigenvalue weighted by Crippen LogP contribution is -2.61. The highest BCUT2D eigenvalue weighted by Crippen LogP contribution is 2.30. The second kappa shape index (κ2) is 8.99. The summed E-state index contributed by atoms with van der Waals surface area (Å²) in [7, 11) is 0. The van der Waals surface area contributed by atoms with Crippen molar-refractivity contribution in [2.24, 2.45) is 0 Å². The summed E-state index contributed by atoms with van der Waals surface area (Å²) in [5, 5.41) is 3.44. The summed E-state index contributed by atoms with van der Waals surface area (Å²) in [4.78, 5) is 9.32. The third kappa shape index (κ3) is 4.69. The average molecular weight is 384 g/mol. The van der Waals surface area contributed by atoms with Gasteiger partial charge in [0.05, 0.1) is 6.20 Å². The van der Waals surface area contributed by atoms with Crippen LogP contribution < -0.4 is 5.32 Å². The van der Waals surface area contributed by atoms with E-state index in [4.69, 9.17) is 4.74 Å². The van der Waals surface area contributed by atoms with E-state index in [1.807, 2.05) is 0 Å². The van der Waals surface area contributed by atoms with E-state index < -0.39 is 0 Å². The van der Waals surface area contributed by atoms with E-state index >= 15 is 0 Å². The van der Waals surface area contributed by atoms with E-state index in [0.29, 0.717) is 0 Å². The highest BCUT2D eigenvalue weighted by molar-refractivity contribution is 5.34. The van der Waals surface area contributed by atoms with Gasteiger partial charge in [0.1, 0.15) is 11.6 Å². The molecule has 2 aliphatic heterocycles. The first-order valence-electron chi connectivity index (χ1n) is 10.2. The van der Waals surface area contributed by atoms with Gasteiger partial charge in [-0.2, -0.15) is 0 Å². The Hall–Kier alpha value is -2.02. The number of hydrogen-bond acceptors (Lipinski definition) is 5. The van der Waals surface area contributed by atoms with Crippen molar-refractivity contribution < 1.29 is 9.13 Å². The van der Waals surface area contributed by atoms with Gasteiger partial charge in [-0.1, -0.05) is 30.3 Å². The number of rotatable bonds is 6. The molecule has 0 atom stereocenters. The molecule has 0 spiro atoms. The fourth-order valence-corrected chi connectivity index (χ4v) is 4.31. The van der Waals surface area contributed by atoms with Gasteiger partial charge in [0.2, 0.25) is 0 Å². The minimum absolute atomic E-state index is 0.0765. The molecule has 2 aromatic rings. The van der Waals surface area contributed by atoms with E-state index in [0.717, 1.165) is 71.1 Å². The average Bonchev–Trinajstić information content (AvgIpc) is 2.75. The summed E-state index contributed by atoms with van der Waals surface area (Å²) >= 11 is 0. The summed E-state index contributed by atoms with van der Waals surface area (Å²) in [5.41, 5.74) is 1.45. The van der Waals surface area contributed by atoms with Crippen LogP contribution in [0.4, 0.5) is 10.2 Å². The minimum atomic E-state index is -0.305. The third-order valence-corrected chi connectivity index (χ3v) is 6.04. The van der Waals surface area contributed by atoms with E-state index in [-0.39, 0.29) is 11.4 Å². The monoisotopic (exact) mass is 384 g/mol. The van der Waals surface area contributed by atoms with E-state index in [9.17, 15) is 4.39 Å². The first-order chi connectivity index (χ1) is 13.7. The summed E-state index contributed by atoms with van der Waals surface area (Å²) in [6.07, 6.45) is 3.29. The van der Waals surface area contributed by atoms with E-state index in [2.05, 4.69) is 50.4 Å². The van der Waals surface area contributed by atoms with E-state index in [1.54, 1.807) is 6.07 Å². The number of piperazine rings is 1. The number of ether oxygens (including phenoxy) is 1. The molecular formula is C22H29FN4O. The van der Waals surface area contributed by atoms with Gasteiger partial charge < -0.3 is 10.1 Å². The molecule has 150 valence electrons. The number of aromatic nitrogens is 1. The smallest absolute Gasteiger partial charge is 0.141 e. The van der Waals surface area contributed by atoms with Gasteiger partial charge in [-0.15, -0.1) is 0 Å². The van der Waals surface area contributed by atoms with Crippen LogP contribution in [0.5, 0.6) is 0 Å². The van der Waals surface area contributed by atoms with Crippen molar-refractivity contribution in [2.75, 3.05) is 51.3 Å². The molecule has 2 saturated heterocycles. The first-order valence-corrected chi connectivity index (χ1v) is 10.2. The van der Waals surface area contributed by atoms with Crippen LogP contribution in [0.3, 0.4) is 0 Å². The van der Waals surface area contributed by atoms with Crippen molar-refractivity contribution in [1.29, 1.82) is 0 Å². The van der Waals surface area contributed by atoms with Gasteiger partial charge in [0.25, 0.3) is 0 Å². The summed E-state index contributed by atoms with van der Waals surface area (Å²) < 4.78 is 18.8. The maximum absolute atomic E-state index is 13.1. The molecule has 0 saturated carbocycles. The lowest BCUT2D eigenvalue weighted by atomic mass is 9.87. The molecule has 1 aromatic heterocycles. The number of nitrogens with one attached hydrogen (secondary N) is 1. The standard InChI is InChI=1S/C22H29FN4O/c23-20-6-7-21(24-16-20)25-18-22(8-14-28-15-9-22)27-12-10-26(11-13-27)17-19-4-2-1-3-5-19/h1-7,16H,8-15,17-18H2,(H,24,25). The quantitative estimate of drug-likeness (QED) is 0.829. The topological polar surface area (TPSA) is 40.6 Å². The lowest BCUT2D eigenvalue weighted by molar-refractivity contribution is -0.0414. The Bertz CT molecular complexity index is 726. The number of hydrogen-bond donors (Lipinski definition) is 1. The highest BCUT2D eigenvalue weighted by Gasteiger charge is 2.39. The second-order valence-corrected chi connectivity index (χ2v) is 7.80. The number of nitrogens with zero attached hydrogens (tertiary/aromatic N) is 3. The van der Waals surface area contributed by atoms with Gasteiger partial charge in [-0.05, 0) is 30.5 Å². The summed E-state index contributed by atoms with van der Waals surface area (Å²) in [6, 6.07) is 13.8. The van der Waals surface area contributed by atoms with Crippen molar-refractivity contribution in [2.45, 2.75) is 24.9 Å². The Labute approximate surface area is 166 Å². The molecule has 1 N–H and O–H groups in total. The summed E-state index contributed by atoms with van der Waals surface area (Å²) in [5.74, 6) is 0.427. The molecule has 4 rings (SSSR count). The molecule has 28 heavy (non-hydrogen) atoms. The van der Waals surface area contributed by atoms with Crippen molar-refractivity contribution in [3.8, 4) is 0 Å². The fraction of sp³-hybridized carbons (Fsp3) is 0.500. The molecule has 6 heteroatoms. The lowest BCUT2D eigenvalue weighted by Gasteiger charge is -2.49. The van der Waals surface area contributed by atoms with Gasteiger partial charge >= 0.3 is 0 Å². The van der Waals surface area contributed by atoms with Crippen LogP contribution in [-0.4, -0.2) is 66.3 Å². The van der Waals surface area contributed by atoms with Crippen molar-refractivity contribution in [3.05, 3.63) is 60.0 Å². The van der Waals surface area contributed by atoms with Gasteiger partial charge in [0, 0.05) is 58.0 Å². The van der Waals surface area contributed by atoms with Crippen LogP contribution in [0.25, 0.3) is 0 Å². The number of halogens is 1. The fourth-order valence-electron chi connectivity index (χ4n) is 4.31. The van der Waals surface area contributed by atoms with Gasteiger partial charge in [-0.3, -0.25) is 9.80 Å². The second-order valence-electron chi connectivity index (χ2n) is 7.80. The zero-order valence-electron chi connectivity index (χ0n) is 16.3. The zero-order chi connectivity index (χ0) is 19.2. The van der Waals surface area contributed by atoms with Crippen LogP contribution >= 0.6 is 0 Å². The number of pyridine rings is 1. The number of benzene rings is 1. The van der Waals surface area contributed by atoms with Gasteiger partial charge in [0.15, 0.2) is 0 Å². The number of anilines is 1. The SMILES string of the molecule is Fc1ccc(NCC2(N3CCN(Cc4ccccc4)CC3)CCOCC2)nc1. The van der Waals surface area contributed by atoms with Crippen molar-refractivity contribution >= 4 is 5.82 Å². The molecule has 1 aromatic carbocycles. The molecule has 0 aliphatic carbocycles. The normalized spacial score (nSPS) is 20.8. The molecule has 2 fully saturated rings. The maximum atomic E-state index is 13.1. The molecule has 3 heterocycles. The molecular weight excluding hydrogens is 355 g/mol. The maximum Gasteiger partial charge on any atom is 0.141 e. The minimum Gasteiger partial charge on any atom is -0.381 e. The molecule has 0 unspecified atom stereocenters. The Morgan fingerprint density at radius 1 is 1.00 bits per heavy atom. The van der Waals surface area contributed by atoms with Crippen molar-refractivity contribution in [3.63, 3.8) is 0 Å². The van der Waals surface area contributed by atoms with Crippen LogP contribution in [0.1, 0.15) is 18.4 Å². The molecule has 0 amide bonds. The van der Waals surface area contributed by atoms with Crippen LogP contribution in [0.2, 0.25) is 0 Å². The van der Waals surface area contributed by atoms with E-state index in [1.165, 1.54) is 17.8 Å². The Morgan fingerprint density at radius 2 is 1.75 bits per heavy atom. The Balaban J connectivity index is 1.37. The summed E-state index contributed by atoms with van der Waals surface area (Å²) in [6.45, 7) is 7.69. The Morgan fingerprint density at radius 3 is 2.43 bits per heavy atom. The van der Waals surface area contributed by atoms with Gasteiger partial charge in [-0.25, -0.2) is 9.37 Å².